The van der Waals surface area contributed by atoms with Crippen LogP contribution in [0.5, 0.6) is 0 Å². The molecule has 0 saturated heterocycles. The van der Waals surface area contributed by atoms with Crippen LogP contribution in [0.15, 0.2) is 42.5 Å². The van der Waals surface area contributed by atoms with E-state index in [1.54, 1.807) is 30.3 Å². The van der Waals surface area contributed by atoms with Crippen LogP contribution in [0.4, 0.5) is 4.39 Å². The third-order valence-corrected chi connectivity index (χ3v) is 2.98. The van der Waals surface area contributed by atoms with Crippen LogP contribution in [0.1, 0.15) is 10.6 Å². The molecule has 0 aliphatic carbocycles. The summed E-state index contributed by atoms with van der Waals surface area (Å²) < 4.78 is 13.7. The first-order valence-electron chi connectivity index (χ1n) is 5.77. The lowest BCUT2D eigenvalue weighted by Crippen LogP contribution is -2.06. The molecule has 0 amide bonds. The van der Waals surface area contributed by atoms with Crippen molar-refractivity contribution < 1.29 is 19.5 Å². The topological polar surface area (TPSA) is 75.3 Å². The van der Waals surface area contributed by atoms with Crippen molar-refractivity contribution in [3.05, 3.63) is 54.1 Å². The number of imidazole rings is 1. The molecule has 0 aliphatic heterocycles. The van der Waals surface area contributed by atoms with Gasteiger partial charge in [-0.15, -0.1) is 0 Å². The SMILES string of the molecule is O=C(O)c1nc2ccc(-c3cccc(F)c3)cc2n1O. The molecule has 5 nitrogen and oxygen atoms in total. The van der Waals surface area contributed by atoms with Crippen LogP contribution in [-0.4, -0.2) is 26.0 Å². The molecule has 3 aromatic rings. The van der Waals surface area contributed by atoms with Crippen molar-refractivity contribution >= 4 is 17.0 Å². The molecule has 0 spiro atoms. The number of fused-ring (bicyclic) bond motifs is 1. The van der Waals surface area contributed by atoms with Gasteiger partial charge < -0.3 is 10.3 Å². The van der Waals surface area contributed by atoms with Gasteiger partial charge in [-0.05, 0) is 35.4 Å². The van der Waals surface area contributed by atoms with E-state index in [1.807, 2.05) is 0 Å². The quantitative estimate of drug-likeness (QED) is 0.703. The van der Waals surface area contributed by atoms with Gasteiger partial charge in [0.2, 0.25) is 0 Å². The van der Waals surface area contributed by atoms with Gasteiger partial charge in [-0.25, -0.2) is 14.2 Å². The van der Waals surface area contributed by atoms with E-state index in [1.165, 1.54) is 12.1 Å². The van der Waals surface area contributed by atoms with Crippen molar-refractivity contribution in [3.8, 4) is 11.1 Å². The normalized spacial score (nSPS) is 10.8. The second-order valence-corrected chi connectivity index (χ2v) is 4.27. The van der Waals surface area contributed by atoms with E-state index in [9.17, 15) is 14.4 Å². The fourth-order valence-electron chi connectivity index (χ4n) is 2.05. The highest BCUT2D eigenvalue weighted by Crippen LogP contribution is 2.25. The molecule has 1 aromatic heterocycles. The van der Waals surface area contributed by atoms with Gasteiger partial charge in [0.15, 0.2) is 0 Å². The largest absolute Gasteiger partial charge is 0.475 e. The molecule has 0 saturated carbocycles. The number of carbonyl (C=O) groups is 1. The summed E-state index contributed by atoms with van der Waals surface area (Å²) in [5, 5.41) is 18.7. The predicted molar refractivity (Wildman–Crippen MR) is 69.3 cm³/mol. The van der Waals surface area contributed by atoms with Crippen molar-refractivity contribution in [2.45, 2.75) is 0 Å². The summed E-state index contributed by atoms with van der Waals surface area (Å²) in [5.41, 5.74) is 1.89. The van der Waals surface area contributed by atoms with Gasteiger partial charge >= 0.3 is 5.97 Å². The lowest BCUT2D eigenvalue weighted by atomic mass is 10.1. The number of halogens is 1. The molecular weight excluding hydrogens is 263 g/mol. The Morgan fingerprint density at radius 3 is 2.60 bits per heavy atom. The summed E-state index contributed by atoms with van der Waals surface area (Å²) in [7, 11) is 0. The molecule has 0 aliphatic rings. The van der Waals surface area contributed by atoms with Crippen molar-refractivity contribution in [1.29, 1.82) is 0 Å². The highest BCUT2D eigenvalue weighted by molar-refractivity contribution is 5.91. The number of rotatable bonds is 2. The second kappa shape index (κ2) is 4.34. The minimum Gasteiger partial charge on any atom is -0.475 e. The summed E-state index contributed by atoms with van der Waals surface area (Å²) in [6.07, 6.45) is 0. The minimum absolute atomic E-state index is 0.254. The maximum absolute atomic E-state index is 13.2. The zero-order valence-electron chi connectivity index (χ0n) is 10.1. The van der Waals surface area contributed by atoms with Crippen LogP contribution < -0.4 is 0 Å². The van der Waals surface area contributed by atoms with E-state index < -0.39 is 11.8 Å². The summed E-state index contributed by atoms with van der Waals surface area (Å²) in [4.78, 5) is 14.7. The standard InChI is InChI=1S/C14H9FN2O3/c15-10-3-1-2-8(6-10)9-4-5-11-12(7-9)17(20)13(16-11)14(18)19/h1-7,20H,(H,18,19). The van der Waals surface area contributed by atoms with E-state index in [4.69, 9.17) is 5.11 Å². The van der Waals surface area contributed by atoms with Gasteiger partial charge in [0.05, 0.1) is 5.52 Å². The Kier molecular flexibility index (Phi) is 2.64. The van der Waals surface area contributed by atoms with Gasteiger partial charge in [-0.2, -0.15) is 4.73 Å². The summed E-state index contributed by atoms with van der Waals surface area (Å²) >= 11 is 0. The van der Waals surface area contributed by atoms with Crippen LogP contribution in [-0.2, 0) is 0 Å². The van der Waals surface area contributed by atoms with Gasteiger partial charge in [-0.1, -0.05) is 18.2 Å². The fourth-order valence-corrected chi connectivity index (χ4v) is 2.05. The van der Waals surface area contributed by atoms with E-state index in [2.05, 4.69) is 4.98 Å². The van der Waals surface area contributed by atoms with Gasteiger partial charge in [0.1, 0.15) is 11.3 Å². The number of aromatic nitrogens is 2. The number of nitrogens with zero attached hydrogens (tertiary/aromatic N) is 2. The van der Waals surface area contributed by atoms with E-state index in [0.29, 0.717) is 21.4 Å². The number of carboxylic acid groups (broad SMARTS) is 1. The highest BCUT2D eigenvalue weighted by Gasteiger charge is 2.16. The monoisotopic (exact) mass is 272 g/mol. The molecule has 1 heterocycles. The smallest absolute Gasteiger partial charge is 0.375 e. The van der Waals surface area contributed by atoms with E-state index >= 15 is 0 Å². The molecule has 2 aromatic carbocycles. The third-order valence-electron chi connectivity index (χ3n) is 2.98. The molecule has 20 heavy (non-hydrogen) atoms. The van der Waals surface area contributed by atoms with Gasteiger partial charge in [-0.3, -0.25) is 0 Å². The Labute approximate surface area is 112 Å². The highest BCUT2D eigenvalue weighted by atomic mass is 19.1. The van der Waals surface area contributed by atoms with E-state index in [-0.39, 0.29) is 11.3 Å². The number of aromatic carboxylic acids is 1. The molecule has 0 unspecified atom stereocenters. The Morgan fingerprint density at radius 2 is 1.90 bits per heavy atom. The molecule has 2 N–H and O–H groups in total. The van der Waals surface area contributed by atoms with Gasteiger partial charge in [0, 0.05) is 0 Å². The third kappa shape index (κ3) is 1.87. The Balaban J connectivity index is 2.20. The predicted octanol–water partition coefficient (Wildman–Crippen LogP) is 2.78. The maximum Gasteiger partial charge on any atom is 0.375 e. The first-order chi connectivity index (χ1) is 9.56. The first-order valence-corrected chi connectivity index (χ1v) is 5.77. The average molecular weight is 272 g/mol. The van der Waals surface area contributed by atoms with Crippen molar-refractivity contribution in [1.82, 2.24) is 9.71 Å². The van der Waals surface area contributed by atoms with Crippen molar-refractivity contribution in [3.63, 3.8) is 0 Å². The zero-order valence-corrected chi connectivity index (χ0v) is 10.1. The lowest BCUT2D eigenvalue weighted by molar-refractivity contribution is 0.0639. The number of carboxylic acids is 1. The number of hydrogen-bond donors (Lipinski definition) is 2. The van der Waals surface area contributed by atoms with Crippen LogP contribution in [0.25, 0.3) is 22.2 Å². The molecule has 0 bridgehead atoms. The molecule has 3 rings (SSSR count). The molecular formula is C14H9FN2O3. The summed E-state index contributed by atoms with van der Waals surface area (Å²) in [6, 6.07) is 10.8. The second-order valence-electron chi connectivity index (χ2n) is 4.27. The van der Waals surface area contributed by atoms with Crippen LogP contribution in [0.2, 0.25) is 0 Å². The average Bonchev–Trinajstić information content (AvgIpc) is 2.76. The summed E-state index contributed by atoms with van der Waals surface area (Å²) in [6.45, 7) is 0. The zero-order chi connectivity index (χ0) is 14.3. The molecule has 6 heteroatoms. The Hall–Kier alpha value is -2.89. The molecule has 0 radical (unpaired) electrons. The Morgan fingerprint density at radius 1 is 1.15 bits per heavy atom. The summed E-state index contributed by atoms with van der Waals surface area (Å²) in [5.74, 6) is -2.15. The number of benzene rings is 2. The van der Waals surface area contributed by atoms with E-state index in [0.717, 1.165) is 0 Å². The first kappa shape index (κ1) is 12.2. The van der Waals surface area contributed by atoms with Crippen molar-refractivity contribution in [2.75, 3.05) is 0 Å². The molecule has 0 fully saturated rings. The maximum atomic E-state index is 13.2. The lowest BCUT2D eigenvalue weighted by Gasteiger charge is -2.02. The fraction of sp³-hybridized carbons (Fsp3) is 0. The van der Waals surface area contributed by atoms with Gasteiger partial charge in [0.25, 0.3) is 5.82 Å². The molecule has 100 valence electrons. The Bertz CT molecular complexity index is 826. The number of hydrogen-bond acceptors (Lipinski definition) is 3. The minimum atomic E-state index is -1.32. The van der Waals surface area contributed by atoms with Crippen LogP contribution in [0, 0.1) is 5.82 Å². The van der Waals surface area contributed by atoms with Crippen LogP contribution >= 0.6 is 0 Å². The van der Waals surface area contributed by atoms with Crippen molar-refractivity contribution in [2.24, 2.45) is 0 Å². The molecule has 0 atom stereocenters. The van der Waals surface area contributed by atoms with Crippen LogP contribution in [0.3, 0.4) is 0 Å².